The normalized spacial score (nSPS) is 12.9. The molecule has 6 heteroatoms. The summed E-state index contributed by atoms with van der Waals surface area (Å²) in [5.74, 6) is 4.96. The Bertz CT molecular complexity index is 404. The highest BCUT2D eigenvalue weighted by molar-refractivity contribution is 6.30. The van der Waals surface area contributed by atoms with E-state index in [0.29, 0.717) is 5.56 Å². The van der Waals surface area contributed by atoms with E-state index in [1.165, 1.54) is 6.07 Å². The average Bonchev–Trinajstić information content (AvgIpc) is 2.15. The molecule has 0 aromatic heterocycles. The van der Waals surface area contributed by atoms with Gasteiger partial charge in [0.1, 0.15) is 0 Å². The quantitative estimate of drug-likeness (QED) is 0.851. The van der Waals surface area contributed by atoms with Crippen molar-refractivity contribution in [2.45, 2.75) is 25.4 Å². The van der Waals surface area contributed by atoms with Crippen molar-refractivity contribution in [3.63, 3.8) is 0 Å². The Morgan fingerprint density at radius 1 is 1.18 bits per heavy atom. The van der Waals surface area contributed by atoms with Crippen molar-refractivity contribution < 1.29 is 18.0 Å². The predicted octanol–water partition coefficient (Wildman–Crippen LogP) is 3.53. The maximum atomic E-state index is 12.6. The van der Waals surface area contributed by atoms with Gasteiger partial charge in [-0.1, -0.05) is 25.4 Å². The molecule has 1 aromatic carbocycles. The first kappa shape index (κ1) is 14.3. The van der Waals surface area contributed by atoms with Crippen LogP contribution in [0.15, 0.2) is 18.2 Å². The van der Waals surface area contributed by atoms with Gasteiger partial charge in [0.05, 0.1) is 12.2 Å². The SMILES string of the molecule is CC(C)(CON)c1cc(Cl)cc(C(F)(F)F)c1. The van der Waals surface area contributed by atoms with E-state index in [1.807, 2.05) is 0 Å². The molecule has 1 rings (SSSR count). The first-order valence-corrected chi connectivity index (χ1v) is 5.24. The number of hydrogen-bond acceptors (Lipinski definition) is 2. The van der Waals surface area contributed by atoms with Gasteiger partial charge in [-0.2, -0.15) is 13.2 Å². The van der Waals surface area contributed by atoms with Crippen LogP contribution in [0.2, 0.25) is 5.02 Å². The smallest absolute Gasteiger partial charge is 0.304 e. The number of alkyl halides is 3. The van der Waals surface area contributed by atoms with Crippen LogP contribution in [-0.4, -0.2) is 6.61 Å². The van der Waals surface area contributed by atoms with Crippen LogP contribution in [0.5, 0.6) is 0 Å². The van der Waals surface area contributed by atoms with Crippen molar-refractivity contribution in [1.29, 1.82) is 0 Å². The molecule has 0 aliphatic rings. The molecule has 0 aliphatic heterocycles. The molecule has 0 heterocycles. The molecular formula is C11H13ClF3NO. The topological polar surface area (TPSA) is 35.2 Å². The molecule has 2 nitrogen and oxygen atoms in total. The lowest BCUT2D eigenvalue weighted by molar-refractivity contribution is -0.137. The molecule has 2 N–H and O–H groups in total. The maximum absolute atomic E-state index is 12.6. The van der Waals surface area contributed by atoms with Crippen molar-refractivity contribution >= 4 is 11.6 Å². The summed E-state index contributed by atoms with van der Waals surface area (Å²) in [4.78, 5) is 4.50. The molecule has 0 unspecified atom stereocenters. The Balaban J connectivity index is 3.23. The fourth-order valence-corrected chi connectivity index (χ4v) is 1.67. The highest BCUT2D eigenvalue weighted by atomic mass is 35.5. The van der Waals surface area contributed by atoms with Crippen molar-refractivity contribution in [2.24, 2.45) is 5.90 Å². The molecule has 0 atom stereocenters. The molecule has 17 heavy (non-hydrogen) atoms. The summed E-state index contributed by atoms with van der Waals surface area (Å²) in [6, 6.07) is 3.44. The van der Waals surface area contributed by atoms with Gasteiger partial charge in [-0.05, 0) is 23.8 Å². The van der Waals surface area contributed by atoms with Crippen LogP contribution in [0.4, 0.5) is 13.2 Å². The standard InChI is InChI=1S/C11H13ClF3NO/c1-10(2,6-17-16)7-3-8(11(13,14)15)5-9(12)4-7/h3-5H,6,16H2,1-2H3. The van der Waals surface area contributed by atoms with Gasteiger partial charge in [0.25, 0.3) is 0 Å². The van der Waals surface area contributed by atoms with Crippen LogP contribution < -0.4 is 5.90 Å². The van der Waals surface area contributed by atoms with Gasteiger partial charge in [-0.3, -0.25) is 0 Å². The molecule has 96 valence electrons. The highest BCUT2D eigenvalue weighted by Gasteiger charge is 2.33. The van der Waals surface area contributed by atoms with Gasteiger partial charge in [0, 0.05) is 10.4 Å². The molecule has 0 radical (unpaired) electrons. The van der Waals surface area contributed by atoms with Gasteiger partial charge in [-0.15, -0.1) is 0 Å². The molecule has 0 aliphatic carbocycles. The lowest BCUT2D eigenvalue weighted by atomic mass is 9.85. The summed E-state index contributed by atoms with van der Waals surface area (Å²) in [6.07, 6.45) is -4.42. The molecule has 0 amide bonds. The van der Waals surface area contributed by atoms with E-state index in [1.54, 1.807) is 13.8 Å². The zero-order valence-electron chi connectivity index (χ0n) is 9.44. The van der Waals surface area contributed by atoms with Crippen LogP contribution >= 0.6 is 11.6 Å². The van der Waals surface area contributed by atoms with Crippen molar-refractivity contribution in [2.75, 3.05) is 6.61 Å². The summed E-state index contributed by atoms with van der Waals surface area (Å²) < 4.78 is 37.8. The molecule has 1 aromatic rings. The fourth-order valence-electron chi connectivity index (χ4n) is 1.44. The second-order valence-electron chi connectivity index (χ2n) is 4.42. The minimum absolute atomic E-state index is 0.0416. The molecule has 0 spiro atoms. The fraction of sp³-hybridized carbons (Fsp3) is 0.455. The van der Waals surface area contributed by atoms with E-state index >= 15 is 0 Å². The Morgan fingerprint density at radius 3 is 2.18 bits per heavy atom. The van der Waals surface area contributed by atoms with Crippen LogP contribution in [0.25, 0.3) is 0 Å². The number of benzene rings is 1. The number of nitrogens with two attached hydrogens (primary N) is 1. The van der Waals surface area contributed by atoms with E-state index in [0.717, 1.165) is 12.1 Å². The van der Waals surface area contributed by atoms with E-state index < -0.39 is 17.2 Å². The van der Waals surface area contributed by atoms with Crippen LogP contribution in [-0.2, 0) is 16.4 Å². The Kier molecular flexibility index (Phi) is 4.06. The first-order valence-electron chi connectivity index (χ1n) is 4.87. The zero-order chi connectivity index (χ0) is 13.3. The van der Waals surface area contributed by atoms with Crippen LogP contribution in [0.1, 0.15) is 25.0 Å². The Labute approximate surface area is 102 Å². The molecular weight excluding hydrogens is 255 g/mol. The molecule has 0 fully saturated rings. The minimum Gasteiger partial charge on any atom is -0.304 e. The van der Waals surface area contributed by atoms with Gasteiger partial charge >= 0.3 is 6.18 Å². The average molecular weight is 268 g/mol. The van der Waals surface area contributed by atoms with E-state index in [4.69, 9.17) is 17.5 Å². The third-order valence-corrected chi connectivity index (χ3v) is 2.67. The highest BCUT2D eigenvalue weighted by Crippen LogP contribution is 2.35. The monoisotopic (exact) mass is 267 g/mol. The third-order valence-electron chi connectivity index (χ3n) is 2.45. The summed E-state index contributed by atoms with van der Waals surface area (Å²) in [5.41, 5.74) is -0.979. The van der Waals surface area contributed by atoms with E-state index in [9.17, 15) is 13.2 Å². The molecule has 0 saturated heterocycles. The van der Waals surface area contributed by atoms with Crippen molar-refractivity contribution in [3.8, 4) is 0 Å². The summed E-state index contributed by atoms with van der Waals surface area (Å²) >= 11 is 5.69. The third kappa shape index (κ3) is 3.59. The van der Waals surface area contributed by atoms with Crippen LogP contribution in [0, 0.1) is 0 Å². The Hall–Kier alpha value is -0.780. The largest absolute Gasteiger partial charge is 0.416 e. The molecule has 0 saturated carbocycles. The number of hydrogen-bond donors (Lipinski definition) is 1. The minimum atomic E-state index is -4.42. The van der Waals surface area contributed by atoms with Gasteiger partial charge < -0.3 is 4.84 Å². The lowest BCUT2D eigenvalue weighted by Crippen LogP contribution is -2.26. The number of rotatable bonds is 3. The predicted molar refractivity (Wildman–Crippen MR) is 59.6 cm³/mol. The maximum Gasteiger partial charge on any atom is 0.416 e. The van der Waals surface area contributed by atoms with E-state index in [-0.39, 0.29) is 11.6 Å². The summed E-state index contributed by atoms with van der Waals surface area (Å²) in [6.45, 7) is 3.56. The number of halogens is 4. The van der Waals surface area contributed by atoms with Crippen molar-refractivity contribution in [1.82, 2.24) is 0 Å². The second kappa shape index (κ2) is 4.84. The lowest BCUT2D eigenvalue weighted by Gasteiger charge is -2.25. The summed E-state index contributed by atoms with van der Waals surface area (Å²) in [7, 11) is 0. The summed E-state index contributed by atoms with van der Waals surface area (Å²) in [5, 5.41) is 0.0416. The van der Waals surface area contributed by atoms with Crippen LogP contribution in [0.3, 0.4) is 0 Å². The Morgan fingerprint density at radius 2 is 1.71 bits per heavy atom. The first-order chi connectivity index (χ1) is 7.66. The van der Waals surface area contributed by atoms with Gasteiger partial charge in [0.2, 0.25) is 0 Å². The van der Waals surface area contributed by atoms with Gasteiger partial charge in [-0.25, -0.2) is 5.90 Å². The zero-order valence-corrected chi connectivity index (χ0v) is 10.2. The van der Waals surface area contributed by atoms with E-state index in [2.05, 4.69) is 4.84 Å². The second-order valence-corrected chi connectivity index (χ2v) is 4.86. The van der Waals surface area contributed by atoms with Crippen molar-refractivity contribution in [3.05, 3.63) is 34.3 Å². The van der Waals surface area contributed by atoms with Gasteiger partial charge in [0.15, 0.2) is 0 Å². The molecule has 0 bridgehead atoms.